The van der Waals surface area contributed by atoms with Gasteiger partial charge in [-0.25, -0.2) is 4.79 Å². The number of hydrogen-bond donors (Lipinski definition) is 2. The lowest BCUT2D eigenvalue weighted by atomic mass is 9.87. The molecule has 5 heteroatoms. The Balaban J connectivity index is 1.43. The number of rotatable bonds is 4. The van der Waals surface area contributed by atoms with Gasteiger partial charge in [0, 0.05) is 12.0 Å². The quantitative estimate of drug-likeness (QED) is 0.771. The summed E-state index contributed by atoms with van der Waals surface area (Å²) in [5.41, 5.74) is 4.69. The average Bonchev–Trinajstić information content (AvgIpc) is 3.02. The van der Waals surface area contributed by atoms with Crippen molar-refractivity contribution in [1.29, 1.82) is 0 Å². The summed E-state index contributed by atoms with van der Waals surface area (Å²) in [6, 6.07) is 16.0. The third-order valence-corrected chi connectivity index (χ3v) is 6.23. The van der Waals surface area contributed by atoms with Crippen molar-refractivity contribution in [2.45, 2.75) is 50.5 Å². The third-order valence-electron chi connectivity index (χ3n) is 6.23. The molecule has 0 radical (unpaired) electrons. The van der Waals surface area contributed by atoms with E-state index in [2.05, 4.69) is 29.6 Å². The summed E-state index contributed by atoms with van der Waals surface area (Å²) >= 11 is 0. The Morgan fingerprint density at radius 2 is 1.48 bits per heavy atom. The van der Waals surface area contributed by atoms with E-state index in [0.29, 0.717) is 12.8 Å². The smallest absolute Gasteiger partial charge is 0.407 e. The van der Waals surface area contributed by atoms with Gasteiger partial charge < -0.3 is 15.2 Å². The molecule has 1 saturated carbocycles. The number of carbonyl (C=O) groups is 2. The van der Waals surface area contributed by atoms with Gasteiger partial charge in [0.2, 0.25) is 0 Å². The molecule has 0 heterocycles. The van der Waals surface area contributed by atoms with E-state index in [1.54, 1.807) is 0 Å². The highest BCUT2D eigenvalue weighted by atomic mass is 16.5. The molecule has 2 aromatic carbocycles. The van der Waals surface area contributed by atoms with E-state index in [1.807, 2.05) is 24.3 Å². The molecule has 4 rings (SSSR count). The minimum atomic E-state index is -0.837. The van der Waals surface area contributed by atoms with E-state index in [4.69, 9.17) is 4.74 Å². The molecule has 2 aromatic rings. The standard InChI is InChI=1S/C24H27NO4/c26-23(27)20-13-3-1-2-4-14-22(20)25-24(28)29-15-21-18-11-7-5-9-16(18)17-10-6-8-12-19(17)21/h5-12,20-22H,1-4,13-15H2,(H,25,28)(H,26,27)/t20-,22+/m0/s1. The Kier molecular flexibility index (Phi) is 5.84. The van der Waals surface area contributed by atoms with Crippen molar-refractivity contribution in [3.05, 3.63) is 59.7 Å². The molecular weight excluding hydrogens is 366 g/mol. The number of carbonyl (C=O) groups excluding carboxylic acids is 1. The zero-order valence-electron chi connectivity index (χ0n) is 16.5. The lowest BCUT2D eigenvalue weighted by Gasteiger charge is -2.27. The summed E-state index contributed by atoms with van der Waals surface area (Å²) in [6.45, 7) is 0.240. The minimum absolute atomic E-state index is 0.000698. The van der Waals surface area contributed by atoms with Crippen LogP contribution in [0.2, 0.25) is 0 Å². The van der Waals surface area contributed by atoms with Crippen molar-refractivity contribution in [2.24, 2.45) is 5.92 Å². The van der Waals surface area contributed by atoms with Crippen LogP contribution in [0.15, 0.2) is 48.5 Å². The van der Waals surface area contributed by atoms with Crippen LogP contribution in [-0.4, -0.2) is 29.8 Å². The predicted octanol–water partition coefficient (Wildman–Crippen LogP) is 4.95. The highest BCUT2D eigenvalue weighted by molar-refractivity contribution is 5.79. The Morgan fingerprint density at radius 1 is 0.897 bits per heavy atom. The van der Waals surface area contributed by atoms with Crippen molar-refractivity contribution in [1.82, 2.24) is 5.32 Å². The number of fused-ring (bicyclic) bond motifs is 3. The normalized spacial score (nSPS) is 21.4. The van der Waals surface area contributed by atoms with Crippen molar-refractivity contribution in [2.75, 3.05) is 6.61 Å². The number of benzene rings is 2. The second-order valence-corrected chi connectivity index (χ2v) is 8.01. The number of nitrogens with one attached hydrogen (secondary N) is 1. The third kappa shape index (κ3) is 4.14. The second kappa shape index (κ2) is 8.68. The maximum Gasteiger partial charge on any atom is 0.407 e. The SMILES string of the molecule is O=C(N[C@@H]1CCCCCC[C@@H]1C(=O)O)OCC1c2ccccc2-c2ccccc21. The molecule has 152 valence electrons. The van der Waals surface area contributed by atoms with Crippen molar-refractivity contribution < 1.29 is 19.4 Å². The molecule has 2 atom stereocenters. The molecule has 2 aliphatic carbocycles. The van der Waals surface area contributed by atoms with E-state index in [1.165, 1.54) is 11.1 Å². The van der Waals surface area contributed by atoms with E-state index in [9.17, 15) is 14.7 Å². The fourth-order valence-electron chi connectivity index (χ4n) is 4.74. The van der Waals surface area contributed by atoms with E-state index in [0.717, 1.165) is 36.8 Å². The summed E-state index contributed by atoms with van der Waals surface area (Å²) in [7, 11) is 0. The van der Waals surface area contributed by atoms with Crippen LogP contribution in [0.4, 0.5) is 4.79 Å². The molecule has 5 nitrogen and oxygen atoms in total. The van der Waals surface area contributed by atoms with E-state index in [-0.39, 0.29) is 18.6 Å². The van der Waals surface area contributed by atoms with Crippen LogP contribution in [0, 0.1) is 5.92 Å². The van der Waals surface area contributed by atoms with Crippen molar-refractivity contribution in [3.8, 4) is 11.1 Å². The minimum Gasteiger partial charge on any atom is -0.481 e. The Labute approximate surface area is 171 Å². The number of carboxylic acids is 1. The van der Waals surface area contributed by atoms with Crippen molar-refractivity contribution in [3.63, 3.8) is 0 Å². The summed E-state index contributed by atoms with van der Waals surface area (Å²) in [6.07, 6.45) is 4.71. The van der Waals surface area contributed by atoms with E-state index < -0.39 is 18.0 Å². The number of carboxylic acid groups (broad SMARTS) is 1. The second-order valence-electron chi connectivity index (χ2n) is 8.01. The van der Waals surface area contributed by atoms with Crippen LogP contribution in [-0.2, 0) is 9.53 Å². The van der Waals surface area contributed by atoms with Gasteiger partial charge in [0.25, 0.3) is 0 Å². The molecule has 1 fully saturated rings. The first-order chi connectivity index (χ1) is 14.1. The van der Waals surface area contributed by atoms with Gasteiger partial charge in [0.15, 0.2) is 0 Å². The number of hydrogen-bond acceptors (Lipinski definition) is 3. The molecule has 0 saturated heterocycles. The largest absolute Gasteiger partial charge is 0.481 e. The predicted molar refractivity (Wildman–Crippen MR) is 111 cm³/mol. The monoisotopic (exact) mass is 393 g/mol. The lowest BCUT2D eigenvalue weighted by molar-refractivity contribution is -0.143. The number of ether oxygens (including phenoxy) is 1. The van der Waals surface area contributed by atoms with Crippen molar-refractivity contribution >= 4 is 12.1 Å². The summed E-state index contributed by atoms with van der Waals surface area (Å²) in [5, 5.41) is 12.4. The summed E-state index contributed by atoms with van der Waals surface area (Å²) < 4.78 is 5.60. The Hall–Kier alpha value is -2.82. The highest BCUT2D eigenvalue weighted by Crippen LogP contribution is 2.44. The molecule has 0 aliphatic heterocycles. The van der Waals surface area contributed by atoms with Crippen LogP contribution in [0.25, 0.3) is 11.1 Å². The van der Waals surface area contributed by atoms with Gasteiger partial charge in [-0.2, -0.15) is 0 Å². The van der Waals surface area contributed by atoms with Gasteiger partial charge in [-0.1, -0.05) is 74.2 Å². The Morgan fingerprint density at radius 3 is 2.10 bits per heavy atom. The lowest BCUT2D eigenvalue weighted by Crippen LogP contribution is -2.44. The highest BCUT2D eigenvalue weighted by Gasteiger charge is 2.32. The first-order valence-electron chi connectivity index (χ1n) is 10.5. The maximum absolute atomic E-state index is 12.5. The van der Waals surface area contributed by atoms with Crippen LogP contribution in [0.5, 0.6) is 0 Å². The summed E-state index contributed by atoms with van der Waals surface area (Å²) in [5.74, 6) is -1.38. The molecule has 0 aromatic heterocycles. The van der Waals surface area contributed by atoms with Gasteiger partial charge in [-0.3, -0.25) is 4.79 Å². The van der Waals surface area contributed by atoms with Gasteiger partial charge in [0.05, 0.1) is 5.92 Å². The maximum atomic E-state index is 12.5. The van der Waals surface area contributed by atoms with Crippen LogP contribution >= 0.6 is 0 Å². The average molecular weight is 393 g/mol. The molecule has 2 N–H and O–H groups in total. The molecule has 29 heavy (non-hydrogen) atoms. The fraction of sp³-hybridized carbons (Fsp3) is 0.417. The molecule has 0 unspecified atom stereocenters. The summed E-state index contributed by atoms with van der Waals surface area (Å²) in [4.78, 5) is 24.2. The van der Waals surface area contributed by atoms with Gasteiger partial charge in [-0.15, -0.1) is 0 Å². The van der Waals surface area contributed by atoms with Gasteiger partial charge >= 0.3 is 12.1 Å². The number of amides is 1. The van der Waals surface area contributed by atoms with E-state index >= 15 is 0 Å². The first-order valence-corrected chi connectivity index (χ1v) is 10.5. The van der Waals surface area contributed by atoms with Crippen LogP contribution < -0.4 is 5.32 Å². The van der Waals surface area contributed by atoms with Crippen LogP contribution in [0.3, 0.4) is 0 Å². The zero-order valence-corrected chi connectivity index (χ0v) is 16.5. The van der Waals surface area contributed by atoms with Crippen LogP contribution in [0.1, 0.15) is 55.6 Å². The molecule has 0 spiro atoms. The number of aliphatic carboxylic acids is 1. The molecule has 0 bridgehead atoms. The Bertz CT molecular complexity index is 848. The van der Waals surface area contributed by atoms with Gasteiger partial charge in [-0.05, 0) is 35.1 Å². The fourth-order valence-corrected chi connectivity index (χ4v) is 4.74. The zero-order chi connectivity index (χ0) is 20.2. The first kappa shape index (κ1) is 19.5. The van der Waals surface area contributed by atoms with Gasteiger partial charge in [0.1, 0.15) is 6.61 Å². The molecular formula is C24H27NO4. The number of alkyl carbamates (subject to hydrolysis) is 1. The molecule has 2 aliphatic rings. The topological polar surface area (TPSA) is 75.6 Å². The molecule has 1 amide bonds.